The molecule has 0 fully saturated rings. The minimum absolute atomic E-state index is 0.368. The van der Waals surface area contributed by atoms with Gasteiger partial charge in [0.1, 0.15) is 6.04 Å². The quantitative estimate of drug-likeness (QED) is 0.620. The number of para-hydroxylation sites is 2. The van der Waals surface area contributed by atoms with Crippen molar-refractivity contribution in [2.24, 2.45) is 0 Å². The molecule has 124 valence electrons. The number of nitrogens with one attached hydrogen (secondary N) is 1. The van der Waals surface area contributed by atoms with Crippen LogP contribution in [0, 0.1) is 0 Å². The van der Waals surface area contributed by atoms with Crippen molar-refractivity contribution in [3.63, 3.8) is 0 Å². The fourth-order valence-electron chi connectivity index (χ4n) is 3.02. The maximum Gasteiger partial charge on any atom is 0.321 e. The Morgan fingerprint density at radius 2 is 1.50 bits per heavy atom. The van der Waals surface area contributed by atoms with Crippen molar-refractivity contribution in [2.75, 3.05) is 6.54 Å². The third-order valence-electron chi connectivity index (χ3n) is 4.08. The lowest BCUT2D eigenvalue weighted by Crippen LogP contribution is -2.40. The number of hydrogen-bond donors (Lipinski definition) is 3. The summed E-state index contributed by atoms with van der Waals surface area (Å²) in [6.45, 7) is 0.921. The summed E-state index contributed by atoms with van der Waals surface area (Å²) in [7, 11) is 0. The summed E-state index contributed by atoms with van der Waals surface area (Å²) in [4.78, 5) is 21.9. The molecule has 0 aliphatic rings. The van der Waals surface area contributed by atoms with Crippen molar-refractivity contribution >= 4 is 33.7 Å². The highest BCUT2D eigenvalue weighted by Gasteiger charge is 2.20. The van der Waals surface area contributed by atoms with E-state index in [0.29, 0.717) is 13.1 Å². The number of hydrogen-bond acceptors (Lipinski definition) is 3. The van der Waals surface area contributed by atoms with Crippen LogP contribution in [0.3, 0.4) is 0 Å². The number of aliphatic carboxylic acids is 2. The zero-order valence-electron chi connectivity index (χ0n) is 13.0. The van der Waals surface area contributed by atoms with Gasteiger partial charge in [0.25, 0.3) is 0 Å². The molecule has 0 bridgehead atoms. The van der Waals surface area contributed by atoms with Crippen molar-refractivity contribution in [2.45, 2.75) is 19.0 Å². The summed E-state index contributed by atoms with van der Waals surface area (Å²) in [5.41, 5.74) is 2.15. The van der Waals surface area contributed by atoms with Crippen LogP contribution >= 0.6 is 0 Å². The number of carboxylic acid groups (broad SMARTS) is 2. The molecule has 6 nitrogen and oxygen atoms in total. The van der Waals surface area contributed by atoms with Crippen molar-refractivity contribution in [1.29, 1.82) is 0 Å². The molecule has 1 atom stereocenters. The second-order valence-electron chi connectivity index (χ2n) is 5.63. The molecule has 0 aliphatic carbocycles. The number of rotatable bonds is 7. The van der Waals surface area contributed by atoms with E-state index in [-0.39, 0.29) is 0 Å². The highest BCUT2D eigenvalue weighted by atomic mass is 16.4. The van der Waals surface area contributed by atoms with Gasteiger partial charge in [-0.1, -0.05) is 36.4 Å². The molecule has 0 aliphatic heterocycles. The van der Waals surface area contributed by atoms with Crippen LogP contribution in [0.25, 0.3) is 21.8 Å². The molecule has 0 radical (unpaired) electrons. The fourth-order valence-corrected chi connectivity index (χ4v) is 3.02. The summed E-state index contributed by atoms with van der Waals surface area (Å²) < 4.78 is 2.12. The van der Waals surface area contributed by atoms with Gasteiger partial charge in [-0.3, -0.25) is 9.59 Å². The van der Waals surface area contributed by atoms with E-state index in [4.69, 9.17) is 10.2 Å². The predicted molar refractivity (Wildman–Crippen MR) is 91.1 cm³/mol. The molecule has 2 aromatic carbocycles. The zero-order valence-corrected chi connectivity index (χ0v) is 13.0. The van der Waals surface area contributed by atoms with Crippen LogP contribution < -0.4 is 5.32 Å². The molecule has 0 saturated carbocycles. The van der Waals surface area contributed by atoms with Gasteiger partial charge in [-0.15, -0.1) is 0 Å². The van der Waals surface area contributed by atoms with Gasteiger partial charge < -0.3 is 20.1 Å². The second kappa shape index (κ2) is 6.72. The molecule has 3 N–H and O–H groups in total. The topological polar surface area (TPSA) is 91.6 Å². The standard InChI is InChI=1S/C18H18N2O4/c21-17(22)11-14(18(23)24)19-9-10-20-15-7-3-1-5-12(15)13-6-2-4-8-16(13)20/h1-8,14,19H,9-11H2,(H,21,22)(H,23,24)/t14-/m0/s1. The zero-order chi connectivity index (χ0) is 17.1. The van der Waals surface area contributed by atoms with E-state index in [9.17, 15) is 9.59 Å². The number of fused-ring (bicyclic) bond motifs is 3. The van der Waals surface area contributed by atoms with Gasteiger partial charge in [0.2, 0.25) is 0 Å². The van der Waals surface area contributed by atoms with Crippen LogP contribution in [0.1, 0.15) is 6.42 Å². The van der Waals surface area contributed by atoms with E-state index in [1.165, 1.54) is 0 Å². The smallest absolute Gasteiger partial charge is 0.321 e. The van der Waals surface area contributed by atoms with Crippen LogP contribution in [-0.2, 0) is 16.1 Å². The van der Waals surface area contributed by atoms with Gasteiger partial charge in [0, 0.05) is 34.9 Å². The summed E-state index contributed by atoms with van der Waals surface area (Å²) in [5.74, 6) is -2.29. The van der Waals surface area contributed by atoms with Crippen molar-refractivity contribution in [3.05, 3.63) is 48.5 Å². The van der Waals surface area contributed by atoms with Crippen molar-refractivity contribution in [3.8, 4) is 0 Å². The normalized spacial score (nSPS) is 12.5. The van der Waals surface area contributed by atoms with E-state index in [1.807, 2.05) is 36.4 Å². The van der Waals surface area contributed by atoms with E-state index in [1.54, 1.807) is 0 Å². The number of carbonyl (C=O) groups is 2. The van der Waals surface area contributed by atoms with Gasteiger partial charge in [-0.2, -0.15) is 0 Å². The average molecular weight is 326 g/mol. The lowest BCUT2D eigenvalue weighted by Gasteiger charge is -2.13. The molecular weight excluding hydrogens is 308 g/mol. The summed E-state index contributed by atoms with van der Waals surface area (Å²) in [5, 5.41) is 23.0. The Kier molecular flexibility index (Phi) is 4.48. The van der Waals surface area contributed by atoms with Gasteiger partial charge in [-0.05, 0) is 12.1 Å². The number of carboxylic acids is 2. The van der Waals surface area contributed by atoms with Gasteiger partial charge in [0.15, 0.2) is 0 Å². The van der Waals surface area contributed by atoms with E-state index in [0.717, 1.165) is 21.8 Å². The Morgan fingerprint density at radius 3 is 2.00 bits per heavy atom. The Morgan fingerprint density at radius 1 is 0.958 bits per heavy atom. The van der Waals surface area contributed by atoms with Crippen LogP contribution in [0.4, 0.5) is 0 Å². The molecule has 3 aromatic rings. The average Bonchev–Trinajstić information content (AvgIpc) is 2.88. The molecule has 0 amide bonds. The SMILES string of the molecule is O=C(O)C[C@H](NCCn1c2ccccc2c2ccccc21)C(=O)O. The molecule has 6 heteroatoms. The molecule has 1 aromatic heterocycles. The van der Waals surface area contributed by atoms with Crippen molar-refractivity contribution < 1.29 is 19.8 Å². The number of benzene rings is 2. The van der Waals surface area contributed by atoms with Crippen LogP contribution in [0.2, 0.25) is 0 Å². The Balaban J connectivity index is 1.84. The van der Waals surface area contributed by atoms with E-state index in [2.05, 4.69) is 22.0 Å². The summed E-state index contributed by atoms with van der Waals surface area (Å²) in [6.07, 6.45) is -0.442. The molecule has 1 heterocycles. The Labute approximate surface area is 138 Å². The maximum absolute atomic E-state index is 11.1. The Bertz CT molecular complexity index is 847. The number of aromatic nitrogens is 1. The summed E-state index contributed by atoms with van der Waals surface area (Å²) >= 11 is 0. The molecular formula is C18H18N2O4. The fraction of sp³-hybridized carbons (Fsp3) is 0.222. The third-order valence-corrected chi connectivity index (χ3v) is 4.08. The van der Waals surface area contributed by atoms with Gasteiger partial charge in [-0.25, -0.2) is 0 Å². The molecule has 0 spiro atoms. The predicted octanol–water partition coefficient (Wildman–Crippen LogP) is 2.31. The lowest BCUT2D eigenvalue weighted by atomic mass is 10.2. The van der Waals surface area contributed by atoms with Crippen molar-refractivity contribution in [1.82, 2.24) is 9.88 Å². The van der Waals surface area contributed by atoms with E-state index >= 15 is 0 Å². The largest absolute Gasteiger partial charge is 0.481 e. The highest BCUT2D eigenvalue weighted by Crippen LogP contribution is 2.28. The minimum Gasteiger partial charge on any atom is -0.481 e. The first-order chi connectivity index (χ1) is 11.6. The maximum atomic E-state index is 11.1. The highest BCUT2D eigenvalue weighted by molar-refractivity contribution is 6.07. The molecule has 0 saturated heterocycles. The first-order valence-electron chi connectivity index (χ1n) is 7.72. The van der Waals surface area contributed by atoms with E-state index < -0.39 is 24.4 Å². The molecule has 24 heavy (non-hydrogen) atoms. The third kappa shape index (κ3) is 3.09. The van der Waals surface area contributed by atoms with Crippen LogP contribution in [0.5, 0.6) is 0 Å². The monoisotopic (exact) mass is 326 g/mol. The molecule has 0 unspecified atom stereocenters. The lowest BCUT2D eigenvalue weighted by molar-refractivity contribution is -0.145. The summed E-state index contributed by atoms with van der Waals surface area (Å²) in [6, 6.07) is 15.0. The second-order valence-corrected chi connectivity index (χ2v) is 5.63. The number of nitrogens with zero attached hydrogens (tertiary/aromatic N) is 1. The van der Waals surface area contributed by atoms with Crippen LogP contribution in [-0.4, -0.2) is 39.3 Å². The van der Waals surface area contributed by atoms with Crippen LogP contribution in [0.15, 0.2) is 48.5 Å². The van der Waals surface area contributed by atoms with Gasteiger partial charge >= 0.3 is 11.9 Å². The minimum atomic E-state index is -1.15. The molecule has 3 rings (SSSR count). The Hall–Kier alpha value is -2.86. The van der Waals surface area contributed by atoms with Gasteiger partial charge in [0.05, 0.1) is 6.42 Å². The first-order valence-corrected chi connectivity index (χ1v) is 7.72. The first kappa shape index (κ1) is 16.0.